The van der Waals surface area contributed by atoms with Crippen molar-refractivity contribution in [3.05, 3.63) is 36.7 Å². The fraction of sp³-hybridized carbons (Fsp3) is 0.571. The van der Waals surface area contributed by atoms with Crippen LogP contribution in [0.4, 0.5) is 17.3 Å². The second-order valence-electron chi connectivity index (χ2n) is 8.20. The highest BCUT2D eigenvalue weighted by Gasteiger charge is 2.11. The minimum Gasteiger partial charge on any atom is -0.437 e. The number of nitrogens with one attached hydrogen (secondary N) is 2. The standard InChI is InChI=1S/C21H38B2N7O2/c1-22(31)24-13-5-7-15-30(16-8-6-14-25-23(2)32)20-11-9-19(10-12-20)26-27-21-28(3)17-18-29(21)4/h9-12,17-18,24-25,31-32H,5-8,13-16H2,1-4H3/q+1. The smallest absolute Gasteiger partial charge is 0.421 e. The molecule has 2 aromatic rings. The Balaban J connectivity index is 1.94. The minimum atomic E-state index is -0.466. The van der Waals surface area contributed by atoms with Crippen LogP contribution in [0, 0.1) is 0 Å². The molecule has 0 saturated carbocycles. The van der Waals surface area contributed by atoms with E-state index in [4.69, 9.17) is 0 Å². The number of anilines is 1. The van der Waals surface area contributed by atoms with Crippen LogP contribution in [0.25, 0.3) is 0 Å². The van der Waals surface area contributed by atoms with E-state index in [2.05, 4.69) is 37.7 Å². The van der Waals surface area contributed by atoms with Crippen molar-refractivity contribution in [2.24, 2.45) is 24.3 Å². The Morgan fingerprint density at radius 3 is 1.97 bits per heavy atom. The molecule has 0 aliphatic carbocycles. The van der Waals surface area contributed by atoms with Gasteiger partial charge in [-0.15, -0.1) is 0 Å². The van der Waals surface area contributed by atoms with Gasteiger partial charge in [0.25, 0.3) is 0 Å². The number of aryl methyl sites for hydroxylation is 2. The second kappa shape index (κ2) is 14.1. The lowest BCUT2D eigenvalue weighted by Gasteiger charge is -2.25. The fourth-order valence-corrected chi connectivity index (χ4v) is 3.40. The molecule has 0 bridgehead atoms. The first kappa shape index (κ1) is 26.1. The van der Waals surface area contributed by atoms with Crippen LogP contribution in [0.1, 0.15) is 25.7 Å². The number of benzene rings is 1. The summed E-state index contributed by atoms with van der Waals surface area (Å²) in [5.41, 5.74) is 1.98. The third-order valence-electron chi connectivity index (χ3n) is 5.20. The first-order valence-corrected chi connectivity index (χ1v) is 11.5. The fourth-order valence-electron chi connectivity index (χ4n) is 3.40. The Hall–Kier alpha value is -2.20. The largest absolute Gasteiger partial charge is 0.437 e. The van der Waals surface area contributed by atoms with Gasteiger partial charge in [-0.05, 0) is 76.7 Å². The minimum absolute atomic E-state index is 0.466. The molecule has 0 saturated heterocycles. The van der Waals surface area contributed by atoms with Crippen molar-refractivity contribution in [1.82, 2.24) is 15.0 Å². The first-order valence-electron chi connectivity index (χ1n) is 11.5. The lowest BCUT2D eigenvalue weighted by molar-refractivity contribution is -0.657. The topological polar surface area (TPSA) is 101 Å². The van der Waals surface area contributed by atoms with Crippen molar-refractivity contribution < 1.29 is 14.6 Å². The third kappa shape index (κ3) is 9.52. The van der Waals surface area contributed by atoms with E-state index in [1.54, 1.807) is 13.6 Å². The summed E-state index contributed by atoms with van der Waals surface area (Å²) in [5, 5.41) is 33.5. The van der Waals surface area contributed by atoms with Crippen molar-refractivity contribution in [2.45, 2.75) is 39.3 Å². The lowest BCUT2D eigenvalue weighted by atomic mass is 9.89. The van der Waals surface area contributed by atoms with Gasteiger partial charge < -0.3 is 25.4 Å². The molecule has 0 amide bonds. The van der Waals surface area contributed by atoms with Gasteiger partial charge in [0.15, 0.2) is 0 Å². The molecule has 0 fully saturated rings. The summed E-state index contributed by atoms with van der Waals surface area (Å²) in [6, 6.07) is 8.19. The van der Waals surface area contributed by atoms with Crippen LogP contribution in [0.3, 0.4) is 0 Å². The molecule has 32 heavy (non-hydrogen) atoms. The highest BCUT2D eigenvalue weighted by Crippen LogP contribution is 2.22. The molecule has 174 valence electrons. The Morgan fingerprint density at radius 2 is 1.50 bits per heavy atom. The molecule has 0 aliphatic heterocycles. The predicted octanol–water partition coefficient (Wildman–Crippen LogP) is 2.03. The number of hydrogen-bond acceptors (Lipinski definition) is 7. The zero-order valence-corrected chi connectivity index (χ0v) is 19.9. The second-order valence-corrected chi connectivity index (χ2v) is 8.20. The van der Waals surface area contributed by atoms with Crippen LogP contribution in [-0.2, 0) is 14.1 Å². The third-order valence-corrected chi connectivity index (χ3v) is 5.20. The molecule has 11 heteroatoms. The Bertz CT molecular complexity index is 775. The van der Waals surface area contributed by atoms with Crippen molar-refractivity contribution in [3.8, 4) is 0 Å². The molecular weight excluding hydrogens is 404 g/mol. The van der Waals surface area contributed by atoms with E-state index in [1.165, 1.54) is 5.69 Å². The Kier molecular flexibility index (Phi) is 11.4. The molecule has 0 unspecified atom stereocenters. The van der Waals surface area contributed by atoms with Crippen LogP contribution in [0.5, 0.6) is 0 Å². The summed E-state index contributed by atoms with van der Waals surface area (Å²) in [5.74, 6) is 0.785. The average Bonchev–Trinajstić information content (AvgIpc) is 3.07. The van der Waals surface area contributed by atoms with Gasteiger partial charge in [-0.3, -0.25) is 0 Å². The molecule has 0 radical (unpaired) electrons. The van der Waals surface area contributed by atoms with E-state index < -0.39 is 14.1 Å². The number of unbranched alkanes of at least 4 members (excludes halogenated alkanes) is 2. The number of nitrogens with zero attached hydrogens (tertiary/aromatic N) is 5. The number of imidazole rings is 1. The van der Waals surface area contributed by atoms with Crippen molar-refractivity contribution in [3.63, 3.8) is 0 Å². The molecule has 0 aliphatic rings. The van der Waals surface area contributed by atoms with E-state index in [0.717, 1.165) is 63.5 Å². The maximum Gasteiger partial charge on any atom is 0.421 e. The number of hydrogen-bond donors (Lipinski definition) is 4. The van der Waals surface area contributed by atoms with E-state index >= 15 is 0 Å². The molecule has 0 spiro atoms. The highest BCUT2D eigenvalue weighted by atomic mass is 16.2. The van der Waals surface area contributed by atoms with Gasteiger partial charge in [0.05, 0.1) is 26.5 Å². The van der Waals surface area contributed by atoms with Crippen LogP contribution in [-0.4, -0.2) is 54.9 Å². The van der Waals surface area contributed by atoms with Gasteiger partial charge in [0.1, 0.15) is 5.69 Å². The zero-order chi connectivity index (χ0) is 23.3. The molecule has 1 aromatic heterocycles. The van der Waals surface area contributed by atoms with Gasteiger partial charge in [-0.2, -0.15) is 0 Å². The predicted molar refractivity (Wildman–Crippen MR) is 132 cm³/mol. The summed E-state index contributed by atoms with van der Waals surface area (Å²) in [4.78, 5) is 2.39. The quantitative estimate of drug-likeness (QED) is 0.146. The summed E-state index contributed by atoms with van der Waals surface area (Å²) >= 11 is 0. The zero-order valence-electron chi connectivity index (χ0n) is 19.9. The maximum atomic E-state index is 9.34. The van der Waals surface area contributed by atoms with Crippen LogP contribution in [0.2, 0.25) is 13.6 Å². The molecule has 0 atom stereocenters. The normalized spacial score (nSPS) is 11.3. The molecule has 9 nitrogen and oxygen atoms in total. The average molecular weight is 442 g/mol. The molecule has 1 heterocycles. The van der Waals surface area contributed by atoms with E-state index in [1.807, 2.05) is 47.8 Å². The SMILES string of the molecule is CB(O)NCCCCN(CCCCNB(C)O)c1ccc(N=Nc2n(C)cc[n+]2C)cc1. The number of rotatable bonds is 15. The van der Waals surface area contributed by atoms with Crippen molar-refractivity contribution in [2.75, 3.05) is 31.1 Å². The lowest BCUT2D eigenvalue weighted by Crippen LogP contribution is -2.33. The van der Waals surface area contributed by atoms with Crippen molar-refractivity contribution in [1.29, 1.82) is 0 Å². The Labute approximate surface area is 192 Å². The summed E-state index contributed by atoms with van der Waals surface area (Å²) in [6.07, 6.45) is 7.98. The van der Waals surface area contributed by atoms with E-state index in [0.29, 0.717) is 0 Å². The number of azo groups is 1. The van der Waals surface area contributed by atoms with Gasteiger partial charge in [-0.1, -0.05) is 5.11 Å². The van der Waals surface area contributed by atoms with Gasteiger partial charge in [-0.25, -0.2) is 9.13 Å². The molecule has 1 aromatic carbocycles. The maximum absolute atomic E-state index is 9.34. The Morgan fingerprint density at radius 1 is 0.938 bits per heavy atom. The molecule has 2 rings (SSSR count). The van der Waals surface area contributed by atoms with E-state index in [9.17, 15) is 10.0 Å². The van der Waals surface area contributed by atoms with E-state index in [-0.39, 0.29) is 0 Å². The summed E-state index contributed by atoms with van der Waals surface area (Å²) in [6.45, 7) is 6.99. The van der Waals surface area contributed by atoms with Crippen molar-refractivity contribution >= 4 is 31.4 Å². The number of aromatic nitrogens is 2. The monoisotopic (exact) mass is 442 g/mol. The van der Waals surface area contributed by atoms with Crippen LogP contribution >= 0.6 is 0 Å². The highest BCUT2D eigenvalue weighted by molar-refractivity contribution is 6.45. The first-order chi connectivity index (χ1) is 15.4. The van der Waals surface area contributed by atoms with Gasteiger partial charge in [0.2, 0.25) is 0 Å². The van der Waals surface area contributed by atoms with Crippen LogP contribution < -0.4 is 19.9 Å². The van der Waals surface area contributed by atoms with Gasteiger partial charge >= 0.3 is 20.0 Å². The molecule has 4 N–H and O–H groups in total. The summed E-state index contributed by atoms with van der Waals surface area (Å²) < 4.78 is 3.86. The van der Waals surface area contributed by atoms with Crippen LogP contribution in [0.15, 0.2) is 46.9 Å². The summed E-state index contributed by atoms with van der Waals surface area (Å²) in [7, 11) is 2.96. The van der Waals surface area contributed by atoms with Gasteiger partial charge in [0, 0.05) is 23.9 Å². The molecular formula is C21H38B2N7O2+.